The van der Waals surface area contributed by atoms with Crippen LogP contribution in [0.5, 0.6) is 0 Å². The summed E-state index contributed by atoms with van der Waals surface area (Å²) in [5.74, 6) is 0. The van der Waals surface area contributed by atoms with Gasteiger partial charge in [-0.25, -0.2) is 0 Å². The van der Waals surface area contributed by atoms with Gasteiger partial charge in [0.25, 0.3) is 0 Å². The van der Waals surface area contributed by atoms with Crippen LogP contribution >= 0.6 is 11.3 Å². The first-order chi connectivity index (χ1) is 59.5. The van der Waals surface area contributed by atoms with Crippen molar-refractivity contribution in [3.05, 3.63) is 506 Å². The molecular formula is C115H76N4S. The molecule has 1 unspecified atom stereocenters. The maximum Gasteiger partial charge on any atom is 0.0713 e. The molecule has 3 heterocycles. The van der Waals surface area contributed by atoms with Crippen LogP contribution in [0.2, 0.25) is 0 Å². The Bertz CT molecular complexity index is 7670. The Kier molecular flexibility index (Phi) is 16.9. The summed E-state index contributed by atoms with van der Waals surface area (Å²) in [6.07, 6.45) is 3.79. The van der Waals surface area contributed by atoms with Gasteiger partial charge in [-0.15, -0.1) is 11.3 Å². The van der Waals surface area contributed by atoms with Crippen LogP contribution in [-0.2, 0) is 10.8 Å². The number of hydrogen-bond acceptors (Lipinski definition) is 4. The lowest BCUT2D eigenvalue weighted by Crippen LogP contribution is -2.28. The van der Waals surface area contributed by atoms with Gasteiger partial charge in [-0.2, -0.15) is 0 Å². The molecule has 0 saturated carbocycles. The molecule has 0 radical (unpaired) electrons. The van der Waals surface area contributed by atoms with E-state index in [1.54, 1.807) is 0 Å². The van der Waals surface area contributed by atoms with Gasteiger partial charge in [0.05, 0.1) is 39.4 Å². The predicted molar refractivity (Wildman–Crippen MR) is 505 cm³/mol. The van der Waals surface area contributed by atoms with E-state index in [0.717, 1.165) is 45.3 Å². The Balaban J connectivity index is 0.000000142. The molecule has 120 heavy (non-hydrogen) atoms. The molecule has 3 aromatic heterocycles. The third-order valence-corrected chi connectivity index (χ3v) is 26.4. The van der Waals surface area contributed by atoms with Crippen LogP contribution < -0.4 is 9.80 Å². The fourth-order valence-electron chi connectivity index (χ4n) is 20.1. The zero-order valence-electron chi connectivity index (χ0n) is 65.6. The van der Waals surface area contributed by atoms with Crippen molar-refractivity contribution in [3.63, 3.8) is 0 Å². The Morgan fingerprint density at radius 2 is 0.708 bits per heavy atom. The molecule has 2 aliphatic rings. The van der Waals surface area contributed by atoms with E-state index in [2.05, 4.69) is 462 Å². The van der Waals surface area contributed by atoms with Gasteiger partial charge in [0.1, 0.15) is 0 Å². The van der Waals surface area contributed by atoms with Gasteiger partial charge in [0.2, 0.25) is 0 Å². The van der Waals surface area contributed by atoms with Crippen molar-refractivity contribution in [1.29, 1.82) is 0 Å². The van der Waals surface area contributed by atoms with E-state index in [0.29, 0.717) is 0 Å². The second-order valence-electron chi connectivity index (χ2n) is 31.5. The fraction of sp³-hybridized carbons (Fsp3) is 0.0174. The maximum atomic E-state index is 4.58. The SMILES string of the molecule is c1ccc(-c2ccc(N(c3ccc(C4(c5ccccc5)c5ccccc5-c5ccc(-c6cccc7ccccc67)cc54)cc3)c3ccc4c(c3)sc3ccccc34)c3ccccc23)cc1.c1ccc(C2(c3ccc(N(c4cccnc4)c4ccc5c6ccccc6n(-c6ccc7ccccc7c6)c5c4)cc3)c3ccccc3-c3ccccc32)cc1. The van der Waals surface area contributed by atoms with Gasteiger partial charge >= 0.3 is 0 Å². The number of nitrogens with zero attached hydrogens (tertiary/aromatic N) is 4. The lowest BCUT2D eigenvalue weighted by Gasteiger charge is -2.35. The number of thiophene rings is 1. The zero-order valence-corrected chi connectivity index (χ0v) is 66.4. The molecule has 24 rings (SSSR count). The van der Waals surface area contributed by atoms with Crippen LogP contribution in [-0.4, -0.2) is 9.55 Å². The highest BCUT2D eigenvalue weighted by Crippen LogP contribution is 2.60. The first-order valence-corrected chi connectivity index (χ1v) is 42.1. The molecule has 19 aromatic carbocycles. The van der Waals surface area contributed by atoms with Crippen LogP contribution in [0, 0.1) is 0 Å². The highest BCUT2D eigenvalue weighted by atomic mass is 32.1. The summed E-state index contributed by atoms with van der Waals surface area (Å²) < 4.78 is 4.99. The van der Waals surface area contributed by atoms with Gasteiger partial charge < -0.3 is 14.4 Å². The van der Waals surface area contributed by atoms with Crippen molar-refractivity contribution < 1.29 is 0 Å². The van der Waals surface area contributed by atoms with Crippen molar-refractivity contribution in [1.82, 2.24) is 9.55 Å². The molecule has 0 bridgehead atoms. The third-order valence-electron chi connectivity index (χ3n) is 25.3. The van der Waals surface area contributed by atoms with Crippen LogP contribution in [0.4, 0.5) is 34.1 Å². The van der Waals surface area contributed by atoms with E-state index in [1.807, 2.05) is 29.8 Å². The van der Waals surface area contributed by atoms with E-state index in [4.69, 9.17) is 0 Å². The Labute approximate surface area is 701 Å². The minimum Gasteiger partial charge on any atom is -0.310 e. The number of hydrogen-bond donors (Lipinski definition) is 0. The van der Waals surface area contributed by atoms with Crippen LogP contribution in [0.25, 0.3) is 124 Å². The largest absolute Gasteiger partial charge is 0.310 e. The summed E-state index contributed by atoms with van der Waals surface area (Å²) in [6.45, 7) is 0. The highest BCUT2D eigenvalue weighted by Gasteiger charge is 2.48. The summed E-state index contributed by atoms with van der Waals surface area (Å²) >= 11 is 1.86. The minimum atomic E-state index is -0.558. The molecule has 2 aliphatic carbocycles. The molecule has 0 fully saturated rings. The highest BCUT2D eigenvalue weighted by molar-refractivity contribution is 7.25. The number of para-hydroxylation sites is 1. The van der Waals surface area contributed by atoms with E-state index in [9.17, 15) is 0 Å². The van der Waals surface area contributed by atoms with Gasteiger partial charge in [0, 0.05) is 71.0 Å². The zero-order chi connectivity index (χ0) is 79.2. The Morgan fingerprint density at radius 1 is 0.233 bits per heavy atom. The number of fused-ring (bicyclic) bond motifs is 15. The first-order valence-electron chi connectivity index (χ1n) is 41.3. The topological polar surface area (TPSA) is 24.3 Å². The van der Waals surface area contributed by atoms with Crippen LogP contribution in [0.3, 0.4) is 0 Å². The van der Waals surface area contributed by atoms with Crippen molar-refractivity contribution in [2.45, 2.75) is 10.8 Å². The smallest absolute Gasteiger partial charge is 0.0713 e. The second kappa shape index (κ2) is 28.9. The van der Waals surface area contributed by atoms with Gasteiger partial charge in [0.15, 0.2) is 0 Å². The Morgan fingerprint density at radius 3 is 1.38 bits per heavy atom. The second-order valence-corrected chi connectivity index (χ2v) is 32.6. The molecular weight excluding hydrogens is 1470 g/mol. The Hall–Kier alpha value is -15.3. The number of anilines is 6. The average molecular weight is 1550 g/mol. The molecule has 0 amide bonds. The lowest BCUT2D eigenvalue weighted by atomic mass is 9.67. The van der Waals surface area contributed by atoms with E-state index in [-0.39, 0.29) is 0 Å². The van der Waals surface area contributed by atoms with Crippen LogP contribution in [0.1, 0.15) is 44.5 Å². The summed E-state index contributed by atoms with van der Waals surface area (Å²) in [5.41, 5.74) is 29.2. The van der Waals surface area contributed by atoms with E-state index < -0.39 is 10.8 Å². The van der Waals surface area contributed by atoms with Crippen molar-refractivity contribution in [2.24, 2.45) is 0 Å². The van der Waals surface area contributed by atoms with E-state index in [1.165, 1.54) is 158 Å². The molecule has 22 aromatic rings. The molecule has 562 valence electrons. The molecule has 5 heteroatoms. The average Bonchev–Trinajstić information content (AvgIpc) is 1.53. The summed E-state index contributed by atoms with van der Waals surface area (Å²) in [5, 5.41) is 12.4. The monoisotopic (exact) mass is 1540 g/mol. The van der Waals surface area contributed by atoms with E-state index >= 15 is 0 Å². The van der Waals surface area contributed by atoms with Crippen LogP contribution in [0.15, 0.2) is 461 Å². The number of benzene rings is 19. The fourth-order valence-corrected chi connectivity index (χ4v) is 21.2. The van der Waals surface area contributed by atoms with Gasteiger partial charge in [-0.1, -0.05) is 352 Å². The minimum absolute atomic E-state index is 0.453. The standard InChI is InChI=1S/C63H41NS.C52H35N3/c1-3-16-42(17-4-1)51-38-39-60(55-25-10-9-23-52(51)55)64(48-35-37-57-56-26-12-14-29-61(56)65-62(57)41-48)47-33-31-46(32-34-47)63(45-20-5-2-6-21-45)58-28-13-11-24-53(58)54-36-30-44(40-59(54)63)50-27-15-19-43-18-7-8-22-49(43)50;1-2-15-38(16-3-1)52(48-21-9-6-18-44(48)45-19-7-10-22-49(45)52)39-25-28-40(29-26-39)54(43-17-12-32-53-35-43)42-30-31-47-46-20-8-11-23-50(46)55(51(47)34-42)41-27-24-36-13-4-5-14-37(36)33-41/h1-41H;1-35H. The molecule has 0 aliphatic heterocycles. The molecule has 0 spiro atoms. The van der Waals surface area contributed by atoms with Crippen molar-refractivity contribution in [3.8, 4) is 50.2 Å². The number of aromatic nitrogens is 2. The molecule has 0 saturated heterocycles. The van der Waals surface area contributed by atoms with Gasteiger partial charge in [-0.05, 0) is 213 Å². The normalized spacial score (nSPS) is 13.6. The molecule has 0 N–H and O–H groups in total. The summed E-state index contributed by atoms with van der Waals surface area (Å²) in [6, 6.07) is 165. The van der Waals surface area contributed by atoms with Gasteiger partial charge in [-0.3, -0.25) is 4.98 Å². The molecule has 4 nitrogen and oxygen atoms in total. The van der Waals surface area contributed by atoms with Crippen molar-refractivity contribution in [2.75, 3.05) is 9.80 Å². The van der Waals surface area contributed by atoms with Crippen molar-refractivity contribution >= 4 is 120 Å². The maximum absolute atomic E-state index is 4.58. The predicted octanol–water partition coefficient (Wildman–Crippen LogP) is 30.7. The first kappa shape index (κ1) is 70.2. The number of rotatable bonds is 13. The summed E-state index contributed by atoms with van der Waals surface area (Å²) in [7, 11) is 0. The lowest BCUT2D eigenvalue weighted by molar-refractivity contribution is 0.768. The summed E-state index contributed by atoms with van der Waals surface area (Å²) in [4.78, 5) is 9.37. The number of pyridine rings is 1. The molecule has 1 atom stereocenters. The third kappa shape index (κ3) is 11.2. The quantitative estimate of drug-likeness (QED) is 0.115.